The number of amides is 1. The summed E-state index contributed by atoms with van der Waals surface area (Å²) in [7, 11) is 3.30. The first kappa shape index (κ1) is 17.2. The van der Waals surface area contributed by atoms with Gasteiger partial charge >= 0.3 is 0 Å². The molecular weight excluding hydrogens is 298 g/mol. The van der Waals surface area contributed by atoms with E-state index in [0.29, 0.717) is 6.42 Å². The lowest BCUT2D eigenvalue weighted by Gasteiger charge is -2.35. The Morgan fingerprint density at radius 2 is 1.95 bits per heavy atom. The van der Waals surface area contributed by atoms with Crippen LogP contribution in [-0.4, -0.2) is 40.9 Å². The number of carbonyl (C=O) groups is 1. The molecule has 0 spiro atoms. The molecule has 0 aromatic heterocycles. The van der Waals surface area contributed by atoms with Crippen LogP contribution < -0.4 is 4.74 Å². The summed E-state index contributed by atoms with van der Waals surface area (Å²) in [6, 6.07) is 7.64. The Morgan fingerprint density at radius 3 is 2.55 bits per heavy atom. The average molecular weight is 323 g/mol. The second kappa shape index (κ2) is 6.13. The van der Waals surface area contributed by atoms with Crippen LogP contribution in [0.2, 0.25) is 0 Å². The number of benzene rings is 1. The summed E-state index contributed by atoms with van der Waals surface area (Å²) in [6.45, 7) is 8.38. The van der Waals surface area contributed by atoms with Crippen LogP contribution in [0.5, 0.6) is 5.75 Å². The summed E-state index contributed by atoms with van der Waals surface area (Å²) < 4.78 is 10.7. The van der Waals surface area contributed by atoms with E-state index in [-0.39, 0.29) is 21.8 Å². The molecule has 1 atom stereocenters. The van der Waals surface area contributed by atoms with Gasteiger partial charge in [-0.05, 0) is 45.4 Å². The van der Waals surface area contributed by atoms with Crippen molar-refractivity contribution in [3.05, 3.63) is 29.8 Å². The van der Waals surface area contributed by atoms with E-state index < -0.39 is 0 Å². The van der Waals surface area contributed by atoms with Crippen molar-refractivity contribution in [3.8, 4) is 5.75 Å². The Labute approximate surface area is 137 Å². The Bertz CT molecular complexity index is 557. The van der Waals surface area contributed by atoms with Crippen LogP contribution in [0, 0.1) is 0 Å². The second-order valence-corrected chi connectivity index (χ2v) is 8.79. The first-order valence-corrected chi connectivity index (χ1v) is 8.21. The lowest BCUT2D eigenvalue weighted by atomic mass is 10.1. The van der Waals surface area contributed by atoms with E-state index >= 15 is 0 Å². The van der Waals surface area contributed by atoms with Gasteiger partial charge in [-0.3, -0.25) is 4.79 Å². The molecule has 1 saturated heterocycles. The van der Waals surface area contributed by atoms with Gasteiger partial charge in [0.2, 0.25) is 5.91 Å². The number of methoxy groups -OCH3 is 2. The largest absolute Gasteiger partial charge is 0.497 e. The van der Waals surface area contributed by atoms with E-state index in [4.69, 9.17) is 9.47 Å². The minimum Gasteiger partial charge on any atom is -0.497 e. The molecular formula is C17H25NO3S. The molecule has 1 fully saturated rings. The quantitative estimate of drug-likeness (QED) is 0.852. The first-order chi connectivity index (χ1) is 10.2. The molecule has 1 amide bonds. The molecule has 22 heavy (non-hydrogen) atoms. The third-order valence-electron chi connectivity index (χ3n) is 3.90. The van der Waals surface area contributed by atoms with Crippen LogP contribution in [0.1, 0.15) is 33.3 Å². The molecule has 122 valence electrons. The Kier molecular flexibility index (Phi) is 4.78. The number of rotatable bonds is 4. The maximum atomic E-state index is 12.9. The zero-order valence-corrected chi connectivity index (χ0v) is 15.0. The van der Waals surface area contributed by atoms with Crippen molar-refractivity contribution in [2.24, 2.45) is 0 Å². The van der Waals surface area contributed by atoms with Crippen LogP contribution >= 0.6 is 11.8 Å². The van der Waals surface area contributed by atoms with Gasteiger partial charge in [0.15, 0.2) is 0 Å². The molecule has 4 nitrogen and oxygen atoms in total. The summed E-state index contributed by atoms with van der Waals surface area (Å²) in [5.41, 5.74) is 0.949. The Balaban J connectivity index is 2.23. The Hall–Kier alpha value is -1.20. The van der Waals surface area contributed by atoms with Crippen molar-refractivity contribution in [3.63, 3.8) is 0 Å². The summed E-state index contributed by atoms with van der Waals surface area (Å²) in [4.78, 5) is 14.5. The molecule has 5 heteroatoms. The first-order valence-electron chi connectivity index (χ1n) is 7.39. The van der Waals surface area contributed by atoms with E-state index in [9.17, 15) is 4.79 Å². The fraction of sp³-hybridized carbons (Fsp3) is 0.588. The van der Waals surface area contributed by atoms with Crippen molar-refractivity contribution in [1.82, 2.24) is 4.90 Å². The monoisotopic (exact) mass is 323 g/mol. The number of hydrogen-bond acceptors (Lipinski definition) is 4. The van der Waals surface area contributed by atoms with E-state index in [1.165, 1.54) is 0 Å². The van der Waals surface area contributed by atoms with Gasteiger partial charge in [0.05, 0.1) is 23.1 Å². The van der Waals surface area contributed by atoms with Gasteiger partial charge < -0.3 is 14.4 Å². The van der Waals surface area contributed by atoms with Gasteiger partial charge in [-0.15, -0.1) is 11.8 Å². The number of hydrogen-bond donors (Lipinski definition) is 0. The van der Waals surface area contributed by atoms with Crippen molar-refractivity contribution in [1.29, 1.82) is 0 Å². The van der Waals surface area contributed by atoms with Crippen LogP contribution in [0.3, 0.4) is 0 Å². The van der Waals surface area contributed by atoms with Crippen LogP contribution in [0.15, 0.2) is 24.3 Å². The highest BCUT2D eigenvalue weighted by Crippen LogP contribution is 2.51. The molecule has 1 aliphatic rings. The smallest absolute Gasteiger partial charge is 0.230 e. The van der Waals surface area contributed by atoms with Gasteiger partial charge in [-0.1, -0.05) is 12.1 Å². The molecule has 1 aromatic rings. The van der Waals surface area contributed by atoms with Gasteiger partial charge in [0.1, 0.15) is 12.0 Å². The average Bonchev–Trinajstić information content (AvgIpc) is 2.62. The van der Waals surface area contributed by atoms with Gasteiger partial charge in [0.25, 0.3) is 0 Å². The molecule has 0 unspecified atom stereocenters. The minimum atomic E-state index is -0.292. The number of nitrogens with zero attached hydrogens (tertiary/aromatic N) is 1. The fourth-order valence-electron chi connectivity index (χ4n) is 3.20. The third-order valence-corrected chi connectivity index (χ3v) is 5.33. The number of carbonyl (C=O) groups excluding carboxylic acids is 1. The number of thioether (sulfide) groups is 1. The van der Waals surface area contributed by atoms with Gasteiger partial charge in [-0.2, -0.15) is 0 Å². The topological polar surface area (TPSA) is 38.8 Å². The maximum Gasteiger partial charge on any atom is 0.230 e. The highest BCUT2D eigenvalue weighted by Gasteiger charge is 2.53. The normalized spacial score (nSPS) is 22.6. The van der Waals surface area contributed by atoms with Crippen molar-refractivity contribution in [2.75, 3.05) is 14.2 Å². The summed E-state index contributed by atoms with van der Waals surface area (Å²) in [6.07, 6.45) is 0.113. The maximum absolute atomic E-state index is 12.9. The van der Waals surface area contributed by atoms with Crippen LogP contribution in [-0.2, 0) is 16.0 Å². The van der Waals surface area contributed by atoms with Gasteiger partial charge in [0, 0.05) is 7.11 Å². The molecule has 1 aromatic carbocycles. The van der Waals surface area contributed by atoms with E-state index in [0.717, 1.165) is 11.3 Å². The lowest BCUT2D eigenvalue weighted by Crippen LogP contribution is -2.50. The standard InChI is InChI=1S/C17H25NO3S/c1-16(2)15(21-6)18(17(3,4)22-16)14(19)11-12-8-7-9-13(10-12)20-5/h7-10,15H,11H2,1-6H3/t15-/m0/s1. The summed E-state index contributed by atoms with van der Waals surface area (Å²) in [5, 5.41) is 0. The van der Waals surface area contributed by atoms with E-state index in [1.807, 2.05) is 29.2 Å². The molecule has 0 radical (unpaired) electrons. The van der Waals surface area contributed by atoms with E-state index in [2.05, 4.69) is 27.7 Å². The Morgan fingerprint density at radius 1 is 1.27 bits per heavy atom. The molecule has 0 aliphatic carbocycles. The zero-order valence-electron chi connectivity index (χ0n) is 14.2. The lowest BCUT2D eigenvalue weighted by molar-refractivity contribution is -0.148. The number of ether oxygens (including phenoxy) is 2. The molecule has 0 saturated carbocycles. The van der Waals surface area contributed by atoms with Crippen LogP contribution in [0.4, 0.5) is 0 Å². The van der Waals surface area contributed by atoms with Gasteiger partial charge in [-0.25, -0.2) is 0 Å². The van der Waals surface area contributed by atoms with Crippen molar-refractivity contribution in [2.45, 2.75) is 50.0 Å². The fourth-order valence-corrected chi connectivity index (χ4v) is 5.08. The SMILES string of the molecule is COc1cccc(CC(=O)N2[C@@H](OC)C(C)(C)SC2(C)C)c1. The van der Waals surface area contributed by atoms with E-state index in [1.54, 1.807) is 26.0 Å². The second-order valence-electron chi connectivity index (χ2n) is 6.53. The molecule has 1 aliphatic heterocycles. The van der Waals surface area contributed by atoms with Crippen molar-refractivity contribution >= 4 is 17.7 Å². The predicted octanol–water partition coefficient (Wildman–Crippen LogP) is 3.30. The minimum absolute atomic E-state index is 0.0724. The molecule has 2 rings (SSSR count). The highest BCUT2D eigenvalue weighted by atomic mass is 32.2. The van der Waals surface area contributed by atoms with Crippen LogP contribution in [0.25, 0.3) is 0 Å². The molecule has 0 N–H and O–H groups in total. The summed E-state index contributed by atoms with van der Waals surface area (Å²) >= 11 is 1.77. The van der Waals surface area contributed by atoms with Crippen molar-refractivity contribution < 1.29 is 14.3 Å². The predicted molar refractivity (Wildman–Crippen MR) is 90.1 cm³/mol. The molecule has 0 bridgehead atoms. The molecule has 1 heterocycles. The highest BCUT2D eigenvalue weighted by molar-refractivity contribution is 8.02. The zero-order chi connectivity index (χ0) is 16.5. The third kappa shape index (κ3) is 3.25. The summed E-state index contributed by atoms with van der Waals surface area (Å²) in [5.74, 6) is 0.840.